The topological polar surface area (TPSA) is 61.9 Å². The first kappa shape index (κ1) is 14.8. The van der Waals surface area contributed by atoms with Crippen molar-refractivity contribution in [2.75, 3.05) is 13.1 Å². The van der Waals surface area contributed by atoms with Gasteiger partial charge in [-0.05, 0) is 31.5 Å². The predicted octanol–water partition coefficient (Wildman–Crippen LogP) is 3.04. The highest BCUT2D eigenvalue weighted by atomic mass is 19.1. The monoisotopic (exact) mass is 324 g/mol. The van der Waals surface area contributed by atoms with E-state index in [9.17, 15) is 9.18 Å². The number of rotatable bonds is 2. The molecule has 0 aliphatic carbocycles. The minimum Gasteiger partial charge on any atom is -0.348 e. The highest BCUT2D eigenvalue weighted by molar-refractivity contribution is 5.98. The Morgan fingerprint density at radius 2 is 2.25 bits per heavy atom. The Morgan fingerprint density at radius 3 is 3.04 bits per heavy atom. The third kappa shape index (κ3) is 2.54. The van der Waals surface area contributed by atoms with Gasteiger partial charge < -0.3 is 9.88 Å². The van der Waals surface area contributed by atoms with Gasteiger partial charge >= 0.3 is 0 Å². The number of nitrogens with one attached hydrogen (secondary N) is 1. The number of nitrogens with zero attached hydrogens (tertiary/aromatic N) is 3. The molecular formula is C18H17FN4O. The summed E-state index contributed by atoms with van der Waals surface area (Å²) in [4.78, 5) is 26.2. The Morgan fingerprint density at radius 1 is 1.38 bits per heavy atom. The second-order valence-corrected chi connectivity index (χ2v) is 6.18. The Bertz CT molecular complexity index is 920. The van der Waals surface area contributed by atoms with Gasteiger partial charge in [-0.1, -0.05) is 12.1 Å². The molecule has 0 spiro atoms. The van der Waals surface area contributed by atoms with Crippen LogP contribution in [0.1, 0.15) is 34.3 Å². The van der Waals surface area contributed by atoms with Crippen LogP contribution < -0.4 is 0 Å². The molecular weight excluding hydrogens is 307 g/mol. The van der Waals surface area contributed by atoms with Crippen LogP contribution in [0.4, 0.5) is 4.39 Å². The molecule has 3 aromatic rings. The summed E-state index contributed by atoms with van der Waals surface area (Å²) < 4.78 is 13.8. The van der Waals surface area contributed by atoms with Crippen LogP contribution in [0.2, 0.25) is 0 Å². The predicted molar refractivity (Wildman–Crippen MR) is 88.3 cm³/mol. The van der Waals surface area contributed by atoms with Crippen LogP contribution in [0.5, 0.6) is 0 Å². The summed E-state index contributed by atoms with van der Waals surface area (Å²) in [6, 6.07) is 8.38. The Kier molecular flexibility index (Phi) is 3.52. The minimum absolute atomic E-state index is 0.110. The number of likely N-dealkylation sites (tertiary alicyclic amines) is 1. The average Bonchev–Trinajstić information content (AvgIpc) is 3.22. The number of para-hydroxylation sites is 1. The summed E-state index contributed by atoms with van der Waals surface area (Å²) in [5.74, 6) is 0.475. The number of hydrogen-bond acceptors (Lipinski definition) is 3. The van der Waals surface area contributed by atoms with E-state index in [0.29, 0.717) is 29.7 Å². The summed E-state index contributed by atoms with van der Waals surface area (Å²) in [5.41, 5.74) is 1.72. The van der Waals surface area contributed by atoms with Gasteiger partial charge in [0.15, 0.2) is 0 Å². The van der Waals surface area contributed by atoms with Crippen molar-refractivity contribution in [3.05, 3.63) is 59.6 Å². The standard InChI is InChI=1S/C18H17FN4O/c1-11-5-7-20-17(21-11)13-6-8-23(10-13)18(24)15-9-12-3-2-4-14(19)16(12)22-15/h2-5,7,9,13,22H,6,8,10H2,1H3. The molecule has 3 heterocycles. The van der Waals surface area contributed by atoms with Crippen LogP contribution in [-0.2, 0) is 0 Å². The van der Waals surface area contributed by atoms with Crippen molar-refractivity contribution in [1.82, 2.24) is 19.9 Å². The zero-order valence-electron chi connectivity index (χ0n) is 13.3. The van der Waals surface area contributed by atoms with Gasteiger partial charge in [-0.3, -0.25) is 4.79 Å². The molecule has 0 saturated carbocycles. The van der Waals surface area contributed by atoms with Crippen LogP contribution in [0.3, 0.4) is 0 Å². The lowest BCUT2D eigenvalue weighted by atomic mass is 10.1. The van der Waals surface area contributed by atoms with E-state index in [1.54, 1.807) is 29.3 Å². The number of carbonyl (C=O) groups excluding carboxylic acids is 1. The second kappa shape index (κ2) is 5.70. The summed E-state index contributed by atoms with van der Waals surface area (Å²) in [5, 5.41) is 0.705. The molecule has 1 N–H and O–H groups in total. The third-order valence-corrected chi connectivity index (χ3v) is 4.49. The van der Waals surface area contributed by atoms with Crippen LogP contribution >= 0.6 is 0 Å². The van der Waals surface area contributed by atoms with Gasteiger partial charge in [0.2, 0.25) is 0 Å². The van der Waals surface area contributed by atoms with E-state index >= 15 is 0 Å². The van der Waals surface area contributed by atoms with E-state index in [1.807, 2.05) is 13.0 Å². The van der Waals surface area contributed by atoms with Gasteiger partial charge in [0.05, 0.1) is 5.52 Å². The van der Waals surface area contributed by atoms with Crippen molar-refractivity contribution in [2.45, 2.75) is 19.3 Å². The highest BCUT2D eigenvalue weighted by Crippen LogP contribution is 2.27. The number of benzene rings is 1. The van der Waals surface area contributed by atoms with Gasteiger partial charge in [-0.2, -0.15) is 0 Å². The van der Waals surface area contributed by atoms with Crippen molar-refractivity contribution in [2.24, 2.45) is 0 Å². The lowest BCUT2D eigenvalue weighted by Gasteiger charge is -2.15. The molecule has 1 amide bonds. The number of fused-ring (bicyclic) bond motifs is 1. The van der Waals surface area contributed by atoms with E-state index in [0.717, 1.165) is 17.9 Å². The smallest absolute Gasteiger partial charge is 0.270 e. The van der Waals surface area contributed by atoms with Crippen molar-refractivity contribution >= 4 is 16.8 Å². The van der Waals surface area contributed by atoms with E-state index in [1.165, 1.54) is 6.07 Å². The van der Waals surface area contributed by atoms with Gasteiger partial charge in [0.25, 0.3) is 5.91 Å². The fourth-order valence-corrected chi connectivity index (χ4v) is 3.23. The Labute approximate surface area is 138 Å². The first-order chi connectivity index (χ1) is 11.6. The zero-order valence-corrected chi connectivity index (χ0v) is 13.3. The van der Waals surface area contributed by atoms with Crippen molar-refractivity contribution < 1.29 is 9.18 Å². The number of carbonyl (C=O) groups is 1. The maximum Gasteiger partial charge on any atom is 0.270 e. The number of hydrogen-bond donors (Lipinski definition) is 1. The number of H-pyrrole nitrogens is 1. The fourth-order valence-electron chi connectivity index (χ4n) is 3.23. The third-order valence-electron chi connectivity index (χ3n) is 4.49. The van der Waals surface area contributed by atoms with E-state index in [-0.39, 0.29) is 17.6 Å². The SMILES string of the molecule is Cc1ccnc(C2CCN(C(=O)c3cc4cccc(F)c4[nH]3)C2)n1. The molecule has 24 heavy (non-hydrogen) atoms. The molecule has 1 fully saturated rings. The van der Waals surface area contributed by atoms with E-state index in [2.05, 4.69) is 15.0 Å². The molecule has 6 heteroatoms. The Balaban J connectivity index is 1.55. The molecule has 5 nitrogen and oxygen atoms in total. The average molecular weight is 324 g/mol. The maximum absolute atomic E-state index is 13.8. The van der Waals surface area contributed by atoms with Crippen LogP contribution in [0, 0.1) is 12.7 Å². The lowest BCUT2D eigenvalue weighted by molar-refractivity contribution is 0.0785. The first-order valence-corrected chi connectivity index (χ1v) is 7.98. The van der Waals surface area contributed by atoms with Crippen LogP contribution in [0.25, 0.3) is 10.9 Å². The van der Waals surface area contributed by atoms with Crippen molar-refractivity contribution in [3.8, 4) is 0 Å². The highest BCUT2D eigenvalue weighted by Gasteiger charge is 2.30. The molecule has 122 valence electrons. The van der Waals surface area contributed by atoms with Crippen molar-refractivity contribution in [1.29, 1.82) is 0 Å². The van der Waals surface area contributed by atoms with Gasteiger partial charge in [0, 0.05) is 36.3 Å². The Hall–Kier alpha value is -2.76. The van der Waals surface area contributed by atoms with Crippen LogP contribution in [0.15, 0.2) is 36.5 Å². The number of aromatic nitrogens is 3. The number of amides is 1. The van der Waals surface area contributed by atoms with Crippen molar-refractivity contribution in [3.63, 3.8) is 0 Å². The van der Waals surface area contributed by atoms with Gasteiger partial charge in [-0.15, -0.1) is 0 Å². The largest absolute Gasteiger partial charge is 0.348 e. The van der Waals surface area contributed by atoms with E-state index < -0.39 is 0 Å². The first-order valence-electron chi connectivity index (χ1n) is 7.98. The molecule has 1 aliphatic heterocycles. The summed E-state index contributed by atoms with van der Waals surface area (Å²) >= 11 is 0. The van der Waals surface area contributed by atoms with Gasteiger partial charge in [0.1, 0.15) is 17.3 Å². The molecule has 1 aliphatic rings. The number of aryl methyl sites for hydroxylation is 1. The maximum atomic E-state index is 13.8. The normalized spacial score (nSPS) is 17.6. The molecule has 1 unspecified atom stereocenters. The molecule has 0 radical (unpaired) electrons. The quantitative estimate of drug-likeness (QED) is 0.788. The summed E-state index contributed by atoms with van der Waals surface area (Å²) in [6.07, 6.45) is 2.59. The zero-order chi connectivity index (χ0) is 16.7. The molecule has 4 rings (SSSR count). The fraction of sp³-hybridized carbons (Fsp3) is 0.278. The molecule has 1 aromatic carbocycles. The lowest BCUT2D eigenvalue weighted by Crippen LogP contribution is -2.28. The van der Waals surface area contributed by atoms with Gasteiger partial charge in [-0.25, -0.2) is 14.4 Å². The molecule has 1 saturated heterocycles. The molecule has 1 atom stereocenters. The number of halogens is 1. The second-order valence-electron chi connectivity index (χ2n) is 6.18. The number of aromatic amines is 1. The molecule has 0 bridgehead atoms. The van der Waals surface area contributed by atoms with E-state index in [4.69, 9.17) is 0 Å². The minimum atomic E-state index is -0.348. The van der Waals surface area contributed by atoms with Crippen LogP contribution in [-0.4, -0.2) is 38.8 Å². The summed E-state index contributed by atoms with van der Waals surface area (Å²) in [6.45, 7) is 3.17. The molecule has 2 aromatic heterocycles. The summed E-state index contributed by atoms with van der Waals surface area (Å²) in [7, 11) is 0.